The van der Waals surface area contributed by atoms with E-state index in [1.807, 2.05) is 31.2 Å². The van der Waals surface area contributed by atoms with Gasteiger partial charge < -0.3 is 10.2 Å². The molecular formula is C16H17O2. The first-order valence-corrected chi connectivity index (χ1v) is 5.96. The standard InChI is InChI=1S/C16H17O2/c1-3-16(2,12-4-8-14(17)9-5-12)13-6-10-15(18)11-7-13/h3-11,17-18H,1-2H3. The molecule has 0 heterocycles. The van der Waals surface area contributed by atoms with Gasteiger partial charge >= 0.3 is 0 Å². The first-order chi connectivity index (χ1) is 8.56. The van der Waals surface area contributed by atoms with E-state index in [-0.39, 0.29) is 16.9 Å². The molecule has 93 valence electrons. The second kappa shape index (κ2) is 4.73. The van der Waals surface area contributed by atoms with Crippen LogP contribution in [0.15, 0.2) is 48.5 Å². The minimum absolute atomic E-state index is 0.235. The molecule has 0 amide bonds. The number of rotatable bonds is 3. The van der Waals surface area contributed by atoms with Crippen LogP contribution in [-0.4, -0.2) is 10.2 Å². The van der Waals surface area contributed by atoms with E-state index in [1.165, 1.54) is 0 Å². The van der Waals surface area contributed by atoms with E-state index in [0.717, 1.165) is 11.1 Å². The van der Waals surface area contributed by atoms with E-state index in [0.29, 0.717) is 0 Å². The number of phenols is 2. The van der Waals surface area contributed by atoms with E-state index in [1.54, 1.807) is 24.3 Å². The Kier molecular flexibility index (Phi) is 3.28. The molecule has 0 aliphatic carbocycles. The lowest BCUT2D eigenvalue weighted by molar-refractivity contribution is 0.474. The molecule has 18 heavy (non-hydrogen) atoms. The highest BCUT2D eigenvalue weighted by Crippen LogP contribution is 2.35. The fourth-order valence-electron chi connectivity index (χ4n) is 2.12. The normalized spacial score (nSPS) is 11.4. The SMILES string of the molecule is C[CH]C(C)(c1ccc(O)cc1)c1ccc(O)cc1. The van der Waals surface area contributed by atoms with Gasteiger partial charge in [0, 0.05) is 5.41 Å². The van der Waals surface area contributed by atoms with Crippen molar-refractivity contribution in [3.05, 3.63) is 66.1 Å². The molecule has 0 saturated heterocycles. The number of phenolic OH excluding ortho intramolecular Hbond substituents is 2. The van der Waals surface area contributed by atoms with Gasteiger partial charge in [-0.1, -0.05) is 38.1 Å². The highest BCUT2D eigenvalue weighted by molar-refractivity contribution is 5.44. The maximum atomic E-state index is 9.36. The summed E-state index contributed by atoms with van der Waals surface area (Å²) in [6, 6.07) is 14.4. The second-order valence-electron chi connectivity index (χ2n) is 4.58. The molecule has 0 aromatic heterocycles. The van der Waals surface area contributed by atoms with Crippen molar-refractivity contribution >= 4 is 0 Å². The third-order valence-corrected chi connectivity index (χ3v) is 3.51. The Labute approximate surface area is 108 Å². The highest BCUT2D eigenvalue weighted by atomic mass is 16.3. The van der Waals surface area contributed by atoms with Gasteiger partial charge in [0.25, 0.3) is 0 Å². The second-order valence-corrected chi connectivity index (χ2v) is 4.58. The number of hydrogen-bond acceptors (Lipinski definition) is 2. The fourth-order valence-corrected chi connectivity index (χ4v) is 2.12. The van der Waals surface area contributed by atoms with Crippen LogP contribution in [0.25, 0.3) is 0 Å². The van der Waals surface area contributed by atoms with Gasteiger partial charge in [0.05, 0.1) is 0 Å². The quantitative estimate of drug-likeness (QED) is 0.861. The van der Waals surface area contributed by atoms with Crippen molar-refractivity contribution < 1.29 is 10.2 Å². The van der Waals surface area contributed by atoms with Crippen molar-refractivity contribution in [1.82, 2.24) is 0 Å². The van der Waals surface area contributed by atoms with Crippen LogP contribution in [0.2, 0.25) is 0 Å². The van der Waals surface area contributed by atoms with Crippen LogP contribution in [0.1, 0.15) is 25.0 Å². The first kappa shape index (κ1) is 12.5. The smallest absolute Gasteiger partial charge is 0.115 e. The molecule has 2 heteroatoms. The minimum atomic E-state index is -0.235. The van der Waals surface area contributed by atoms with E-state index in [4.69, 9.17) is 0 Å². The average molecular weight is 241 g/mol. The maximum Gasteiger partial charge on any atom is 0.115 e. The Bertz CT molecular complexity index is 466. The third-order valence-electron chi connectivity index (χ3n) is 3.51. The molecule has 2 nitrogen and oxygen atoms in total. The zero-order valence-corrected chi connectivity index (χ0v) is 10.6. The molecule has 0 unspecified atom stereocenters. The summed E-state index contributed by atoms with van der Waals surface area (Å²) in [4.78, 5) is 0. The van der Waals surface area contributed by atoms with Gasteiger partial charge in [-0.3, -0.25) is 0 Å². The summed E-state index contributed by atoms with van der Waals surface area (Å²) in [5.74, 6) is 0.533. The molecule has 2 aromatic rings. The highest BCUT2D eigenvalue weighted by Gasteiger charge is 2.26. The zero-order valence-electron chi connectivity index (χ0n) is 10.6. The summed E-state index contributed by atoms with van der Waals surface area (Å²) in [6.45, 7) is 4.13. The Morgan fingerprint density at radius 1 is 0.778 bits per heavy atom. The number of hydrogen-bond donors (Lipinski definition) is 2. The lowest BCUT2D eigenvalue weighted by atomic mass is 9.74. The van der Waals surface area contributed by atoms with Crippen molar-refractivity contribution in [1.29, 1.82) is 0 Å². The molecule has 1 radical (unpaired) electrons. The Hall–Kier alpha value is -1.96. The van der Waals surface area contributed by atoms with Gasteiger partial charge in [-0.25, -0.2) is 0 Å². The molecule has 0 fully saturated rings. The van der Waals surface area contributed by atoms with Crippen LogP contribution in [0.4, 0.5) is 0 Å². The monoisotopic (exact) mass is 241 g/mol. The Balaban J connectivity index is 2.47. The molecule has 2 aromatic carbocycles. The van der Waals surface area contributed by atoms with Gasteiger partial charge in [-0.2, -0.15) is 0 Å². The zero-order chi connectivity index (χ0) is 13.2. The van der Waals surface area contributed by atoms with Crippen molar-refractivity contribution in [3.63, 3.8) is 0 Å². The van der Waals surface area contributed by atoms with E-state index in [9.17, 15) is 10.2 Å². The van der Waals surface area contributed by atoms with Crippen molar-refractivity contribution in [2.24, 2.45) is 0 Å². The van der Waals surface area contributed by atoms with Crippen LogP contribution in [0.3, 0.4) is 0 Å². The fraction of sp³-hybridized carbons (Fsp3) is 0.188. The molecular weight excluding hydrogens is 224 g/mol. The lowest BCUT2D eigenvalue weighted by Crippen LogP contribution is -2.22. The maximum absolute atomic E-state index is 9.36. The molecule has 0 aliphatic heterocycles. The van der Waals surface area contributed by atoms with Crippen molar-refractivity contribution in [2.75, 3.05) is 0 Å². The van der Waals surface area contributed by atoms with E-state index in [2.05, 4.69) is 13.3 Å². The van der Waals surface area contributed by atoms with Crippen molar-refractivity contribution in [3.8, 4) is 11.5 Å². The third kappa shape index (κ3) is 2.19. The van der Waals surface area contributed by atoms with Gasteiger partial charge in [-0.15, -0.1) is 0 Å². The molecule has 0 bridgehead atoms. The first-order valence-electron chi connectivity index (χ1n) is 5.96. The number of aromatic hydroxyl groups is 2. The number of benzene rings is 2. The molecule has 0 saturated carbocycles. The van der Waals surface area contributed by atoms with E-state index >= 15 is 0 Å². The van der Waals surface area contributed by atoms with Crippen LogP contribution in [0.5, 0.6) is 11.5 Å². The van der Waals surface area contributed by atoms with Crippen LogP contribution in [0, 0.1) is 6.42 Å². The van der Waals surface area contributed by atoms with Gasteiger partial charge in [-0.05, 0) is 41.8 Å². The Morgan fingerprint density at radius 2 is 1.11 bits per heavy atom. The largest absolute Gasteiger partial charge is 0.508 e. The predicted octanol–water partition coefficient (Wildman–Crippen LogP) is 3.63. The molecule has 0 atom stereocenters. The molecule has 2 rings (SSSR count). The minimum Gasteiger partial charge on any atom is -0.508 e. The predicted molar refractivity (Wildman–Crippen MR) is 72.6 cm³/mol. The summed E-state index contributed by atoms with van der Waals surface area (Å²) in [5.41, 5.74) is 1.98. The summed E-state index contributed by atoms with van der Waals surface area (Å²) < 4.78 is 0. The summed E-state index contributed by atoms with van der Waals surface area (Å²) >= 11 is 0. The van der Waals surface area contributed by atoms with Gasteiger partial charge in [0.2, 0.25) is 0 Å². The Morgan fingerprint density at radius 3 is 1.39 bits per heavy atom. The summed E-state index contributed by atoms with van der Waals surface area (Å²) in [7, 11) is 0. The molecule has 0 aliphatic rings. The van der Waals surface area contributed by atoms with Crippen LogP contribution >= 0.6 is 0 Å². The van der Waals surface area contributed by atoms with Gasteiger partial charge in [0.15, 0.2) is 0 Å². The van der Waals surface area contributed by atoms with Gasteiger partial charge in [0.1, 0.15) is 11.5 Å². The lowest BCUT2D eigenvalue weighted by Gasteiger charge is -2.29. The average Bonchev–Trinajstić information content (AvgIpc) is 2.39. The van der Waals surface area contributed by atoms with Crippen LogP contribution in [-0.2, 0) is 5.41 Å². The molecule has 2 N–H and O–H groups in total. The molecule has 0 spiro atoms. The van der Waals surface area contributed by atoms with E-state index < -0.39 is 0 Å². The summed E-state index contributed by atoms with van der Waals surface area (Å²) in [6.07, 6.45) is 2.12. The van der Waals surface area contributed by atoms with Crippen molar-refractivity contribution in [2.45, 2.75) is 19.3 Å². The summed E-state index contributed by atoms with van der Waals surface area (Å²) in [5, 5.41) is 18.7. The van der Waals surface area contributed by atoms with Crippen LogP contribution < -0.4 is 0 Å². The topological polar surface area (TPSA) is 40.5 Å².